The number of hydrogen-bond donors (Lipinski definition) is 2. The molecular formula is C26H17BrCl2N4O3. The molecule has 1 aliphatic heterocycles. The van der Waals surface area contributed by atoms with Gasteiger partial charge in [0.1, 0.15) is 5.82 Å². The summed E-state index contributed by atoms with van der Waals surface area (Å²) in [5.41, 5.74) is 3.71. The molecule has 5 aromatic rings. The van der Waals surface area contributed by atoms with Gasteiger partial charge in [0.15, 0.2) is 0 Å². The number of hydrogen-bond acceptors (Lipinski definition) is 4. The van der Waals surface area contributed by atoms with Crippen molar-refractivity contribution in [1.29, 1.82) is 0 Å². The summed E-state index contributed by atoms with van der Waals surface area (Å²) in [7, 11) is 0. The number of imidazole rings is 1. The number of nitrogens with one attached hydrogen (secondary N) is 1. The summed E-state index contributed by atoms with van der Waals surface area (Å²) in [6, 6.07) is 15.9. The predicted molar refractivity (Wildman–Crippen MR) is 143 cm³/mol. The highest BCUT2D eigenvalue weighted by Crippen LogP contribution is 2.35. The van der Waals surface area contributed by atoms with Crippen molar-refractivity contribution in [1.82, 2.24) is 19.4 Å². The van der Waals surface area contributed by atoms with Crippen LogP contribution in [0.5, 0.6) is 0 Å². The van der Waals surface area contributed by atoms with Crippen LogP contribution in [0.2, 0.25) is 10.0 Å². The molecule has 36 heavy (non-hydrogen) atoms. The first-order chi connectivity index (χ1) is 17.3. The monoisotopic (exact) mass is 582 g/mol. The molecule has 0 fully saturated rings. The van der Waals surface area contributed by atoms with E-state index in [0.717, 1.165) is 25.8 Å². The summed E-state index contributed by atoms with van der Waals surface area (Å²) < 4.78 is 2.75. The number of amides is 2. The van der Waals surface area contributed by atoms with Gasteiger partial charge >= 0.3 is 0 Å². The van der Waals surface area contributed by atoms with E-state index in [-0.39, 0.29) is 13.1 Å². The van der Waals surface area contributed by atoms with Crippen molar-refractivity contribution >= 4 is 72.9 Å². The Labute approximate surface area is 223 Å². The number of nitrogens with zero attached hydrogens (tertiary/aromatic N) is 3. The van der Waals surface area contributed by atoms with Crippen molar-refractivity contribution in [3.8, 4) is 11.4 Å². The molecule has 1 unspecified atom stereocenters. The van der Waals surface area contributed by atoms with E-state index >= 15 is 0 Å². The second-order valence-corrected chi connectivity index (χ2v) is 10.3. The first-order valence-electron chi connectivity index (χ1n) is 11.1. The highest BCUT2D eigenvalue weighted by molar-refractivity contribution is 9.10. The SMILES string of the molecule is O=C1c2ccccc2C(=O)N1CC(O)Cn1c(-c2c[nH]c3ccc(Br)cc23)nc2cc(Cl)c(Cl)cc21. The molecule has 0 spiro atoms. The summed E-state index contributed by atoms with van der Waals surface area (Å²) in [6.45, 7) is -0.0932. The molecule has 3 aromatic carbocycles. The van der Waals surface area contributed by atoms with Gasteiger partial charge in [-0.05, 0) is 42.5 Å². The van der Waals surface area contributed by atoms with Crippen molar-refractivity contribution in [3.05, 3.63) is 86.4 Å². The third-order valence-corrected chi connectivity index (χ3v) is 7.56. The van der Waals surface area contributed by atoms with Crippen molar-refractivity contribution in [2.24, 2.45) is 0 Å². The van der Waals surface area contributed by atoms with Crippen LogP contribution < -0.4 is 0 Å². The van der Waals surface area contributed by atoms with E-state index < -0.39 is 17.9 Å². The minimum absolute atomic E-state index is 0.0673. The number of carbonyl (C=O) groups is 2. The molecular weight excluding hydrogens is 567 g/mol. The molecule has 1 aliphatic rings. The van der Waals surface area contributed by atoms with Crippen LogP contribution in [0.15, 0.2) is 65.3 Å². The number of aliphatic hydroxyl groups is 1. The number of aromatic nitrogens is 3. The normalized spacial score (nSPS) is 14.3. The lowest BCUT2D eigenvalue weighted by Crippen LogP contribution is -2.38. The van der Waals surface area contributed by atoms with Crippen LogP contribution >= 0.6 is 39.1 Å². The summed E-state index contributed by atoms with van der Waals surface area (Å²) in [6.07, 6.45) is 0.795. The van der Waals surface area contributed by atoms with Gasteiger partial charge in [-0.2, -0.15) is 0 Å². The fourth-order valence-corrected chi connectivity index (χ4v) is 5.35. The minimum atomic E-state index is -1.06. The molecule has 7 nitrogen and oxygen atoms in total. The molecule has 3 heterocycles. The quantitative estimate of drug-likeness (QED) is 0.252. The molecule has 0 radical (unpaired) electrons. The average molecular weight is 584 g/mol. The van der Waals surface area contributed by atoms with Gasteiger partial charge in [-0.1, -0.05) is 51.3 Å². The summed E-state index contributed by atoms with van der Waals surface area (Å²) in [5, 5.41) is 12.8. The Bertz CT molecular complexity index is 1680. The maximum absolute atomic E-state index is 12.8. The number of fused-ring (bicyclic) bond motifs is 3. The van der Waals surface area contributed by atoms with E-state index in [9.17, 15) is 14.7 Å². The number of aromatic amines is 1. The van der Waals surface area contributed by atoms with Crippen LogP contribution in [0, 0.1) is 0 Å². The van der Waals surface area contributed by atoms with Gasteiger partial charge in [-0.15, -0.1) is 0 Å². The molecule has 6 rings (SSSR count). The fraction of sp³-hybridized carbons (Fsp3) is 0.115. The second kappa shape index (κ2) is 8.74. The molecule has 2 aromatic heterocycles. The van der Waals surface area contributed by atoms with Gasteiger partial charge in [-0.3, -0.25) is 14.5 Å². The highest BCUT2D eigenvalue weighted by atomic mass is 79.9. The molecule has 180 valence electrons. The number of carbonyl (C=O) groups excluding carboxylic acids is 2. The van der Waals surface area contributed by atoms with Crippen LogP contribution in [0.25, 0.3) is 33.3 Å². The molecule has 2 amide bonds. The Morgan fingerprint density at radius 2 is 1.64 bits per heavy atom. The van der Waals surface area contributed by atoms with Crippen LogP contribution in [-0.2, 0) is 6.54 Å². The number of β-amino-alcohol motifs (C(OH)–C–C–N with tert-alkyl or cyclic N) is 1. The topological polar surface area (TPSA) is 91.2 Å². The summed E-state index contributed by atoms with van der Waals surface area (Å²) in [5.74, 6) is -0.238. The maximum atomic E-state index is 12.8. The van der Waals surface area contributed by atoms with Crippen molar-refractivity contribution in [3.63, 3.8) is 0 Å². The fourth-order valence-electron chi connectivity index (χ4n) is 4.67. The van der Waals surface area contributed by atoms with Gasteiger partial charge in [0.05, 0.1) is 51.4 Å². The largest absolute Gasteiger partial charge is 0.389 e. The van der Waals surface area contributed by atoms with Crippen LogP contribution in [0.3, 0.4) is 0 Å². The molecule has 0 saturated heterocycles. The number of benzene rings is 3. The summed E-state index contributed by atoms with van der Waals surface area (Å²) >= 11 is 16.1. The number of halogens is 3. The Balaban J connectivity index is 1.41. The van der Waals surface area contributed by atoms with E-state index in [1.165, 1.54) is 0 Å². The van der Waals surface area contributed by atoms with Crippen molar-refractivity contribution in [2.45, 2.75) is 12.6 Å². The number of aliphatic hydroxyl groups excluding tert-OH is 1. The highest BCUT2D eigenvalue weighted by Gasteiger charge is 2.36. The van der Waals surface area contributed by atoms with E-state index in [0.29, 0.717) is 38.0 Å². The van der Waals surface area contributed by atoms with Crippen LogP contribution in [-0.4, -0.2) is 49.0 Å². The van der Waals surface area contributed by atoms with Gasteiger partial charge in [0.2, 0.25) is 0 Å². The third-order valence-electron chi connectivity index (χ3n) is 6.34. The Hall–Kier alpha value is -3.17. The Morgan fingerprint density at radius 1 is 0.944 bits per heavy atom. The number of imide groups is 1. The van der Waals surface area contributed by atoms with E-state index in [4.69, 9.17) is 28.2 Å². The lowest BCUT2D eigenvalue weighted by Gasteiger charge is -2.20. The van der Waals surface area contributed by atoms with E-state index in [1.54, 1.807) is 36.4 Å². The second-order valence-electron chi connectivity index (χ2n) is 8.61. The molecule has 0 bridgehead atoms. The van der Waals surface area contributed by atoms with Gasteiger partial charge in [0, 0.05) is 27.1 Å². The number of H-pyrrole nitrogens is 1. The summed E-state index contributed by atoms with van der Waals surface area (Å²) in [4.78, 5) is 34.8. The smallest absolute Gasteiger partial charge is 0.261 e. The van der Waals surface area contributed by atoms with Gasteiger partial charge < -0.3 is 14.7 Å². The van der Waals surface area contributed by atoms with Gasteiger partial charge in [-0.25, -0.2) is 4.98 Å². The zero-order valence-electron chi connectivity index (χ0n) is 18.5. The molecule has 1 atom stereocenters. The zero-order valence-corrected chi connectivity index (χ0v) is 21.6. The molecule has 10 heteroatoms. The molecule has 0 aliphatic carbocycles. The maximum Gasteiger partial charge on any atom is 0.261 e. The average Bonchev–Trinajstić information content (AvgIpc) is 3.49. The third kappa shape index (κ3) is 3.72. The van der Waals surface area contributed by atoms with E-state index in [2.05, 4.69) is 20.9 Å². The Morgan fingerprint density at radius 3 is 2.36 bits per heavy atom. The van der Waals surface area contributed by atoms with Gasteiger partial charge in [0.25, 0.3) is 11.8 Å². The zero-order chi connectivity index (χ0) is 25.1. The Kier molecular flexibility index (Phi) is 5.64. The first-order valence-corrected chi connectivity index (χ1v) is 12.6. The van der Waals surface area contributed by atoms with E-state index in [1.807, 2.05) is 29.0 Å². The van der Waals surface area contributed by atoms with Crippen LogP contribution in [0.4, 0.5) is 0 Å². The molecule has 2 N–H and O–H groups in total. The standard InChI is InChI=1S/C26H17BrCl2N4O3/c27-13-5-6-21-17(7-13)18(10-30-21)24-31-22-8-19(28)20(29)9-23(22)32(24)11-14(34)12-33-25(35)15-3-1-2-4-16(15)26(33)36/h1-10,14,30,34H,11-12H2. The minimum Gasteiger partial charge on any atom is -0.389 e. The lowest BCUT2D eigenvalue weighted by molar-refractivity contribution is 0.0523. The number of rotatable bonds is 5. The lowest BCUT2D eigenvalue weighted by atomic mass is 10.1. The predicted octanol–water partition coefficient (Wildman–Crippen LogP) is 5.91. The molecule has 0 saturated carbocycles. The van der Waals surface area contributed by atoms with Crippen LogP contribution in [0.1, 0.15) is 20.7 Å². The first kappa shape index (κ1) is 23.2. The van der Waals surface area contributed by atoms with Crippen molar-refractivity contribution in [2.75, 3.05) is 6.54 Å². The van der Waals surface area contributed by atoms with Crippen molar-refractivity contribution < 1.29 is 14.7 Å².